The quantitative estimate of drug-likeness (QED) is 0.783. The molecule has 1 unspecified atom stereocenters. The number of hydrogen-bond acceptors (Lipinski definition) is 2. The monoisotopic (exact) mass is 319 g/mol. The molecule has 3 aromatic rings. The lowest BCUT2D eigenvalue weighted by Crippen LogP contribution is -2.28. The van der Waals surface area contributed by atoms with Crippen LogP contribution in [-0.4, -0.2) is 15.3 Å². The maximum Gasteiger partial charge on any atom is 0.227 e. The SMILES string of the molecule is Cc1cc(C)cc(NC(=O)C2CCc3nc4ccccn4c3C2)c1. The van der Waals surface area contributed by atoms with Crippen molar-refractivity contribution in [2.24, 2.45) is 5.92 Å². The van der Waals surface area contributed by atoms with E-state index in [2.05, 4.69) is 20.8 Å². The Bertz CT molecular complexity index is 906. The minimum Gasteiger partial charge on any atom is -0.326 e. The summed E-state index contributed by atoms with van der Waals surface area (Å²) >= 11 is 0. The molecule has 1 N–H and O–H groups in total. The number of anilines is 1. The minimum absolute atomic E-state index is 0.00146. The number of hydrogen-bond donors (Lipinski definition) is 1. The molecule has 0 saturated heterocycles. The number of rotatable bonds is 2. The fourth-order valence-electron chi connectivity index (χ4n) is 3.67. The molecule has 4 rings (SSSR count). The van der Waals surface area contributed by atoms with Crippen LogP contribution in [0.25, 0.3) is 5.65 Å². The van der Waals surface area contributed by atoms with Crippen LogP contribution in [0.2, 0.25) is 0 Å². The van der Waals surface area contributed by atoms with Crippen molar-refractivity contribution >= 4 is 17.2 Å². The Kier molecular flexibility index (Phi) is 3.60. The largest absolute Gasteiger partial charge is 0.326 e. The average molecular weight is 319 g/mol. The summed E-state index contributed by atoms with van der Waals surface area (Å²) in [6.07, 6.45) is 4.50. The third-order valence-electron chi connectivity index (χ3n) is 4.74. The molecule has 122 valence electrons. The van der Waals surface area contributed by atoms with E-state index >= 15 is 0 Å². The summed E-state index contributed by atoms with van der Waals surface area (Å²) in [6.45, 7) is 4.10. The molecule has 0 bridgehead atoms. The molecule has 2 aromatic heterocycles. The van der Waals surface area contributed by atoms with E-state index < -0.39 is 0 Å². The molecule has 2 heterocycles. The standard InChI is InChI=1S/C20H21N3O/c1-13-9-14(2)11-16(10-13)21-20(24)15-6-7-17-18(12-15)23-8-4-3-5-19(23)22-17/h3-5,8-11,15H,6-7,12H2,1-2H3,(H,21,24). The van der Waals surface area contributed by atoms with Crippen molar-refractivity contribution in [1.82, 2.24) is 9.38 Å². The van der Waals surface area contributed by atoms with Crippen LogP contribution in [0, 0.1) is 19.8 Å². The Labute approximate surface area is 141 Å². The minimum atomic E-state index is -0.00146. The molecule has 1 aromatic carbocycles. The van der Waals surface area contributed by atoms with Crippen molar-refractivity contribution in [3.05, 3.63) is 65.1 Å². The van der Waals surface area contributed by atoms with Crippen LogP contribution in [0.4, 0.5) is 5.69 Å². The summed E-state index contributed by atoms with van der Waals surface area (Å²) in [5.41, 5.74) is 6.50. The lowest BCUT2D eigenvalue weighted by atomic mass is 9.89. The number of benzene rings is 1. The van der Waals surface area contributed by atoms with Crippen LogP contribution in [0.1, 0.15) is 28.9 Å². The second-order valence-corrected chi connectivity index (χ2v) is 6.74. The van der Waals surface area contributed by atoms with Gasteiger partial charge in [0.25, 0.3) is 0 Å². The van der Waals surface area contributed by atoms with Crippen LogP contribution in [0.3, 0.4) is 0 Å². The number of carbonyl (C=O) groups excluding carboxylic acids is 1. The van der Waals surface area contributed by atoms with Gasteiger partial charge in [-0.1, -0.05) is 12.1 Å². The number of aromatic nitrogens is 2. The van der Waals surface area contributed by atoms with Crippen LogP contribution in [0.15, 0.2) is 42.6 Å². The summed E-state index contributed by atoms with van der Waals surface area (Å²) in [4.78, 5) is 17.4. The van der Waals surface area contributed by atoms with Gasteiger partial charge in [0, 0.05) is 29.9 Å². The normalized spacial score (nSPS) is 16.8. The number of pyridine rings is 1. The van der Waals surface area contributed by atoms with Gasteiger partial charge in [-0.3, -0.25) is 4.79 Å². The van der Waals surface area contributed by atoms with Gasteiger partial charge in [0.2, 0.25) is 5.91 Å². The smallest absolute Gasteiger partial charge is 0.227 e. The number of amides is 1. The maximum absolute atomic E-state index is 12.7. The first-order valence-electron chi connectivity index (χ1n) is 8.44. The van der Waals surface area contributed by atoms with Crippen LogP contribution >= 0.6 is 0 Å². The van der Waals surface area contributed by atoms with Crippen LogP contribution in [-0.2, 0) is 17.6 Å². The highest BCUT2D eigenvalue weighted by Crippen LogP contribution is 2.27. The fraction of sp³-hybridized carbons (Fsp3) is 0.300. The van der Waals surface area contributed by atoms with Gasteiger partial charge in [0.05, 0.1) is 5.69 Å². The van der Waals surface area contributed by atoms with Gasteiger partial charge in [-0.2, -0.15) is 0 Å². The third-order valence-corrected chi connectivity index (χ3v) is 4.74. The molecule has 1 aliphatic carbocycles. The number of imidazole rings is 1. The molecule has 0 radical (unpaired) electrons. The summed E-state index contributed by atoms with van der Waals surface area (Å²) in [5.74, 6) is 0.106. The molecule has 0 fully saturated rings. The highest BCUT2D eigenvalue weighted by Gasteiger charge is 2.28. The first-order valence-corrected chi connectivity index (χ1v) is 8.44. The summed E-state index contributed by atoms with van der Waals surface area (Å²) in [5, 5.41) is 3.10. The van der Waals surface area contributed by atoms with Crippen molar-refractivity contribution in [1.29, 1.82) is 0 Å². The second-order valence-electron chi connectivity index (χ2n) is 6.74. The van der Waals surface area contributed by atoms with Crippen molar-refractivity contribution in [3.63, 3.8) is 0 Å². The molecule has 4 nitrogen and oxygen atoms in total. The molecule has 1 atom stereocenters. The highest BCUT2D eigenvalue weighted by atomic mass is 16.1. The number of aryl methyl sites for hydroxylation is 3. The first kappa shape index (κ1) is 14.9. The van der Waals surface area contributed by atoms with Crippen molar-refractivity contribution in [2.45, 2.75) is 33.1 Å². The van der Waals surface area contributed by atoms with Gasteiger partial charge >= 0.3 is 0 Å². The Balaban J connectivity index is 1.56. The summed E-state index contributed by atoms with van der Waals surface area (Å²) in [7, 11) is 0. The molecule has 1 amide bonds. The van der Waals surface area contributed by atoms with E-state index in [1.807, 2.05) is 50.4 Å². The van der Waals surface area contributed by atoms with E-state index in [1.54, 1.807) is 0 Å². The first-order chi connectivity index (χ1) is 11.6. The summed E-state index contributed by atoms with van der Waals surface area (Å²) in [6, 6.07) is 12.2. The Morgan fingerprint density at radius 1 is 1.21 bits per heavy atom. The summed E-state index contributed by atoms with van der Waals surface area (Å²) < 4.78 is 2.12. The molecule has 0 spiro atoms. The predicted octanol–water partition coefficient (Wildman–Crippen LogP) is 3.69. The van der Waals surface area contributed by atoms with Gasteiger partial charge in [-0.25, -0.2) is 4.98 Å². The molecular formula is C20H21N3O. The van der Waals surface area contributed by atoms with Crippen molar-refractivity contribution < 1.29 is 4.79 Å². The van der Waals surface area contributed by atoms with Gasteiger partial charge in [0.1, 0.15) is 5.65 Å². The zero-order chi connectivity index (χ0) is 16.7. The highest BCUT2D eigenvalue weighted by molar-refractivity contribution is 5.93. The van der Waals surface area contributed by atoms with E-state index in [4.69, 9.17) is 0 Å². The lowest BCUT2D eigenvalue weighted by molar-refractivity contribution is -0.120. The van der Waals surface area contributed by atoms with Crippen LogP contribution < -0.4 is 5.32 Å². The van der Waals surface area contributed by atoms with Gasteiger partial charge in [0.15, 0.2) is 0 Å². The fourth-order valence-corrected chi connectivity index (χ4v) is 3.67. The Morgan fingerprint density at radius 3 is 2.79 bits per heavy atom. The van der Waals surface area contributed by atoms with Gasteiger partial charge in [-0.05, 0) is 62.1 Å². The number of nitrogens with one attached hydrogen (secondary N) is 1. The number of nitrogens with zero attached hydrogens (tertiary/aromatic N) is 2. The Hall–Kier alpha value is -2.62. The zero-order valence-electron chi connectivity index (χ0n) is 14.0. The topological polar surface area (TPSA) is 46.4 Å². The predicted molar refractivity (Wildman–Crippen MR) is 95.3 cm³/mol. The molecule has 1 aliphatic rings. The molecule has 0 saturated carbocycles. The van der Waals surface area contributed by atoms with Crippen molar-refractivity contribution in [2.75, 3.05) is 5.32 Å². The third kappa shape index (κ3) is 2.68. The molecular weight excluding hydrogens is 298 g/mol. The molecule has 4 heteroatoms. The second kappa shape index (κ2) is 5.78. The lowest BCUT2D eigenvalue weighted by Gasteiger charge is -2.21. The molecule has 0 aliphatic heterocycles. The van der Waals surface area contributed by atoms with Gasteiger partial charge in [-0.15, -0.1) is 0 Å². The van der Waals surface area contributed by atoms with Crippen LogP contribution in [0.5, 0.6) is 0 Å². The van der Waals surface area contributed by atoms with Crippen molar-refractivity contribution in [3.8, 4) is 0 Å². The van der Waals surface area contributed by atoms with E-state index in [0.717, 1.165) is 47.4 Å². The van der Waals surface area contributed by atoms with E-state index in [0.29, 0.717) is 0 Å². The van der Waals surface area contributed by atoms with Gasteiger partial charge < -0.3 is 9.72 Å². The maximum atomic E-state index is 12.7. The van der Waals surface area contributed by atoms with E-state index in [9.17, 15) is 4.79 Å². The molecule has 24 heavy (non-hydrogen) atoms. The van der Waals surface area contributed by atoms with E-state index in [1.165, 1.54) is 5.69 Å². The Morgan fingerprint density at radius 2 is 2.00 bits per heavy atom. The zero-order valence-corrected chi connectivity index (χ0v) is 14.0. The van der Waals surface area contributed by atoms with E-state index in [-0.39, 0.29) is 11.8 Å². The number of carbonyl (C=O) groups is 1. The average Bonchev–Trinajstić information content (AvgIpc) is 2.91. The number of fused-ring (bicyclic) bond motifs is 3.